The van der Waals surface area contributed by atoms with Gasteiger partial charge in [-0.15, -0.1) is 0 Å². The van der Waals surface area contributed by atoms with E-state index in [1.165, 1.54) is 29.2 Å². The fourth-order valence-electron chi connectivity index (χ4n) is 5.60. The molecule has 0 aromatic heterocycles. The summed E-state index contributed by atoms with van der Waals surface area (Å²) >= 11 is 9.53. The van der Waals surface area contributed by atoms with E-state index in [1.807, 2.05) is 54.6 Å². The van der Waals surface area contributed by atoms with Crippen molar-refractivity contribution in [1.29, 1.82) is 0 Å². The molecule has 11 heteroatoms. The lowest BCUT2D eigenvalue weighted by Gasteiger charge is -2.34. The summed E-state index contributed by atoms with van der Waals surface area (Å²) in [4.78, 5) is 30.0. The zero-order valence-corrected chi connectivity index (χ0v) is 28.1. The van der Waals surface area contributed by atoms with E-state index in [0.29, 0.717) is 0 Å². The van der Waals surface area contributed by atoms with Crippen molar-refractivity contribution in [3.05, 3.63) is 130 Å². The minimum absolute atomic E-state index is 0.00622. The van der Waals surface area contributed by atoms with Crippen molar-refractivity contribution in [2.75, 3.05) is 10.8 Å². The molecule has 1 saturated carbocycles. The Balaban J connectivity index is 1.57. The van der Waals surface area contributed by atoms with Crippen LogP contribution < -0.4 is 9.62 Å². The summed E-state index contributed by atoms with van der Waals surface area (Å²) in [6.07, 6.45) is 3.97. The number of nitrogens with zero attached hydrogens (tertiary/aromatic N) is 2. The third-order valence-corrected chi connectivity index (χ3v) is 10.6. The van der Waals surface area contributed by atoms with Crippen molar-refractivity contribution in [3.63, 3.8) is 0 Å². The molecule has 240 valence electrons. The molecule has 1 N–H and O–H groups in total. The molecule has 0 heterocycles. The van der Waals surface area contributed by atoms with Gasteiger partial charge in [-0.05, 0) is 66.4 Å². The number of rotatable bonds is 12. The Labute approximate surface area is 282 Å². The number of halogens is 3. The molecule has 0 saturated heterocycles. The van der Waals surface area contributed by atoms with Gasteiger partial charge in [0.15, 0.2) is 0 Å². The molecule has 1 atom stereocenters. The number of carbonyl (C=O) groups excluding carboxylic acids is 2. The second-order valence-electron chi connectivity index (χ2n) is 11.3. The van der Waals surface area contributed by atoms with Gasteiger partial charge in [0.25, 0.3) is 10.0 Å². The quantitative estimate of drug-likeness (QED) is 0.168. The summed E-state index contributed by atoms with van der Waals surface area (Å²) in [5.74, 6) is -1.63. The van der Waals surface area contributed by atoms with Crippen molar-refractivity contribution in [3.8, 4) is 0 Å². The van der Waals surface area contributed by atoms with E-state index in [4.69, 9.17) is 11.6 Å². The average Bonchev–Trinajstić information content (AvgIpc) is 3.57. The number of amides is 2. The van der Waals surface area contributed by atoms with Crippen molar-refractivity contribution in [2.24, 2.45) is 0 Å². The maximum absolute atomic E-state index is 14.5. The molecule has 0 radical (unpaired) electrons. The summed E-state index contributed by atoms with van der Waals surface area (Å²) in [5, 5.41) is 2.86. The minimum Gasteiger partial charge on any atom is -0.352 e. The van der Waals surface area contributed by atoms with Crippen LogP contribution in [0.25, 0.3) is 0 Å². The van der Waals surface area contributed by atoms with Crippen molar-refractivity contribution >= 4 is 55.1 Å². The lowest BCUT2D eigenvalue weighted by Crippen LogP contribution is -2.54. The standard InChI is InChI=1S/C35H34BrClFN3O4S/c36-27-17-15-26(16-18-27)23-40(33(21-25-9-3-1-4-10-25)35(43)39-28-11-7-8-12-28)34(42)24-41(29-19-20-32(38)31(37)22-29)46(44,45)30-13-5-2-6-14-30/h1-6,9-10,13-20,22,28,33H,7-8,11-12,21,23-24H2,(H,39,43). The van der Waals surface area contributed by atoms with Crippen LogP contribution in [0.15, 0.2) is 112 Å². The summed E-state index contributed by atoms with van der Waals surface area (Å²) < 4.78 is 44.0. The molecule has 1 fully saturated rings. The second-order valence-corrected chi connectivity index (χ2v) is 14.5. The van der Waals surface area contributed by atoms with E-state index in [1.54, 1.807) is 18.2 Å². The van der Waals surface area contributed by atoms with Gasteiger partial charge in [-0.25, -0.2) is 12.8 Å². The van der Waals surface area contributed by atoms with Crippen LogP contribution in [-0.4, -0.2) is 43.8 Å². The Morgan fingerprint density at radius 1 is 0.891 bits per heavy atom. The van der Waals surface area contributed by atoms with Crippen LogP contribution in [0.5, 0.6) is 0 Å². The van der Waals surface area contributed by atoms with E-state index in [0.717, 1.165) is 51.7 Å². The summed E-state index contributed by atoms with van der Waals surface area (Å²) in [7, 11) is -4.32. The summed E-state index contributed by atoms with van der Waals surface area (Å²) in [5.41, 5.74) is 1.62. The molecule has 0 spiro atoms. The monoisotopic (exact) mass is 725 g/mol. The van der Waals surface area contributed by atoms with Gasteiger partial charge in [-0.2, -0.15) is 0 Å². The first-order valence-corrected chi connectivity index (χ1v) is 17.6. The minimum atomic E-state index is -4.32. The Hall–Kier alpha value is -3.73. The van der Waals surface area contributed by atoms with Gasteiger partial charge >= 0.3 is 0 Å². The molecule has 7 nitrogen and oxygen atoms in total. The normalized spacial score (nSPS) is 14.1. The highest BCUT2D eigenvalue weighted by atomic mass is 79.9. The van der Waals surface area contributed by atoms with Crippen molar-refractivity contribution in [1.82, 2.24) is 10.2 Å². The van der Waals surface area contributed by atoms with Crippen molar-refractivity contribution in [2.45, 2.75) is 55.6 Å². The van der Waals surface area contributed by atoms with Crippen molar-refractivity contribution < 1.29 is 22.4 Å². The Bertz CT molecular complexity index is 1760. The first kappa shape index (κ1) is 33.6. The third kappa shape index (κ3) is 8.34. The highest BCUT2D eigenvalue weighted by Gasteiger charge is 2.35. The number of carbonyl (C=O) groups is 2. The van der Waals surface area contributed by atoms with E-state index >= 15 is 0 Å². The van der Waals surface area contributed by atoms with Gasteiger partial charge in [0.05, 0.1) is 15.6 Å². The Kier molecular flexibility index (Phi) is 11.1. The van der Waals surface area contributed by atoms with Gasteiger partial charge in [-0.3, -0.25) is 13.9 Å². The van der Waals surface area contributed by atoms with Crippen LogP contribution in [0.2, 0.25) is 5.02 Å². The number of hydrogen-bond acceptors (Lipinski definition) is 4. The Morgan fingerprint density at radius 3 is 2.15 bits per heavy atom. The highest BCUT2D eigenvalue weighted by molar-refractivity contribution is 9.10. The number of hydrogen-bond donors (Lipinski definition) is 1. The third-order valence-electron chi connectivity index (χ3n) is 8.04. The molecular formula is C35H34BrClFN3O4S. The first-order chi connectivity index (χ1) is 22.1. The SMILES string of the molecule is O=C(NC1CCCC1)C(Cc1ccccc1)N(Cc1ccc(Br)cc1)C(=O)CN(c1ccc(F)c(Cl)c1)S(=O)(=O)c1ccccc1. The number of anilines is 1. The van der Waals surface area contributed by atoms with Crippen LogP contribution in [0, 0.1) is 5.82 Å². The second kappa shape index (κ2) is 15.2. The predicted molar refractivity (Wildman–Crippen MR) is 181 cm³/mol. The molecule has 4 aromatic carbocycles. The molecule has 0 bridgehead atoms. The van der Waals surface area contributed by atoms with E-state index < -0.39 is 34.3 Å². The molecule has 1 unspecified atom stereocenters. The number of sulfonamides is 1. The summed E-state index contributed by atoms with van der Waals surface area (Å²) in [6.45, 7) is -0.608. The molecule has 46 heavy (non-hydrogen) atoms. The van der Waals surface area contributed by atoms with Gasteiger partial charge < -0.3 is 10.2 Å². The lowest BCUT2D eigenvalue weighted by atomic mass is 10.0. The molecule has 2 amide bonds. The fourth-order valence-corrected chi connectivity index (χ4v) is 7.46. The first-order valence-electron chi connectivity index (χ1n) is 15.0. The predicted octanol–water partition coefficient (Wildman–Crippen LogP) is 7.14. The molecule has 5 rings (SSSR count). The average molecular weight is 727 g/mol. The van der Waals surface area contributed by atoms with Gasteiger partial charge in [0.2, 0.25) is 11.8 Å². The van der Waals surface area contributed by atoms with Crippen LogP contribution in [0.4, 0.5) is 10.1 Å². The van der Waals surface area contributed by atoms with Crippen LogP contribution >= 0.6 is 27.5 Å². The molecule has 4 aromatic rings. The van der Waals surface area contributed by atoms with Crippen LogP contribution in [0.3, 0.4) is 0 Å². The van der Waals surface area contributed by atoms with E-state index in [-0.39, 0.29) is 40.5 Å². The fraction of sp³-hybridized carbons (Fsp3) is 0.257. The zero-order valence-electron chi connectivity index (χ0n) is 25.0. The number of benzene rings is 4. The molecule has 1 aliphatic rings. The smallest absolute Gasteiger partial charge is 0.264 e. The maximum Gasteiger partial charge on any atom is 0.264 e. The largest absolute Gasteiger partial charge is 0.352 e. The lowest BCUT2D eigenvalue weighted by molar-refractivity contribution is -0.140. The van der Waals surface area contributed by atoms with Gasteiger partial charge in [-0.1, -0.05) is 101 Å². The molecule has 1 aliphatic carbocycles. The Morgan fingerprint density at radius 2 is 1.52 bits per heavy atom. The van der Waals surface area contributed by atoms with Gasteiger partial charge in [0, 0.05) is 23.5 Å². The van der Waals surface area contributed by atoms with Crippen LogP contribution in [0.1, 0.15) is 36.8 Å². The van der Waals surface area contributed by atoms with E-state index in [2.05, 4.69) is 21.2 Å². The highest BCUT2D eigenvalue weighted by Crippen LogP contribution is 2.29. The van der Waals surface area contributed by atoms with Crippen LogP contribution in [-0.2, 0) is 32.6 Å². The molecular weight excluding hydrogens is 693 g/mol. The zero-order chi connectivity index (χ0) is 32.7. The maximum atomic E-state index is 14.5. The topological polar surface area (TPSA) is 86.8 Å². The van der Waals surface area contributed by atoms with Gasteiger partial charge in [0.1, 0.15) is 18.4 Å². The number of nitrogens with one attached hydrogen (secondary N) is 1. The summed E-state index contributed by atoms with van der Waals surface area (Å²) in [6, 6.07) is 27.0. The molecule has 0 aliphatic heterocycles. The van der Waals surface area contributed by atoms with E-state index in [9.17, 15) is 22.4 Å².